The molecule has 1 fully saturated rings. The van der Waals surface area contributed by atoms with Crippen LogP contribution in [-0.4, -0.2) is 115 Å². The summed E-state index contributed by atoms with van der Waals surface area (Å²) in [4.78, 5) is 80.8. The molecule has 5 N–H and O–H groups in total. The van der Waals surface area contributed by atoms with Gasteiger partial charge in [0.25, 0.3) is 0 Å². The average Bonchev–Trinajstić information content (AvgIpc) is 3.17. The molecule has 0 saturated carbocycles. The second-order valence-corrected chi connectivity index (χ2v) is 18.2. The summed E-state index contributed by atoms with van der Waals surface area (Å²) in [6.45, 7) is 15.4. The first-order chi connectivity index (χ1) is 28.5. The minimum atomic E-state index is -1.38. The van der Waals surface area contributed by atoms with Crippen LogP contribution in [0, 0.1) is 5.41 Å². The molecule has 1 aliphatic rings. The Hall–Kier alpha value is -4.64. The van der Waals surface area contributed by atoms with Crippen molar-refractivity contribution in [1.82, 2.24) is 21.3 Å². The minimum absolute atomic E-state index is 0.0962. The second kappa shape index (κ2) is 23.0. The third-order valence-corrected chi connectivity index (χ3v) is 9.54. The fourth-order valence-electron chi connectivity index (χ4n) is 6.27. The number of ether oxygens (including phenoxy) is 5. The summed E-state index contributed by atoms with van der Waals surface area (Å²) in [6, 6.07) is 9.72. The number of unbranched alkanes of at least 4 members (excludes halogenated alkanes) is 1. The Morgan fingerprint density at radius 2 is 1.30 bits per heavy atom. The van der Waals surface area contributed by atoms with Crippen LogP contribution in [0.4, 0.5) is 0 Å². The molecule has 1 saturated heterocycles. The van der Waals surface area contributed by atoms with Gasteiger partial charge in [0.1, 0.15) is 35.9 Å². The van der Waals surface area contributed by atoms with Gasteiger partial charge < -0.3 is 50.1 Å². The van der Waals surface area contributed by atoms with Crippen molar-refractivity contribution >= 4 is 46.3 Å². The lowest BCUT2D eigenvalue weighted by Crippen LogP contribution is -2.57. The lowest BCUT2D eigenvalue weighted by Gasteiger charge is -2.42. The third-order valence-electron chi connectivity index (χ3n) is 9.54. The Kier molecular flexibility index (Phi) is 19.1. The normalized spacial score (nSPS) is 16.4. The number of rotatable bonds is 22. The Balaban J connectivity index is 1.85. The number of hydrogen-bond acceptors (Lipinski definition) is 12. The van der Waals surface area contributed by atoms with E-state index in [1.807, 2.05) is 49.4 Å². The van der Waals surface area contributed by atoms with Gasteiger partial charge >= 0.3 is 11.9 Å². The predicted octanol–water partition coefficient (Wildman–Crippen LogP) is 3.78. The van der Waals surface area contributed by atoms with Crippen molar-refractivity contribution in [2.45, 2.75) is 142 Å². The van der Waals surface area contributed by atoms with Gasteiger partial charge in [-0.15, -0.1) is 0 Å². The molecule has 3 rings (SSSR count). The first kappa shape index (κ1) is 50.7. The number of aliphatic hydroxyl groups is 1. The molecule has 340 valence electrons. The lowest BCUT2D eigenvalue weighted by molar-refractivity contribution is -0.296. The third kappa shape index (κ3) is 18.5. The van der Waals surface area contributed by atoms with Gasteiger partial charge in [0, 0.05) is 25.8 Å². The van der Waals surface area contributed by atoms with Gasteiger partial charge in [0.05, 0.1) is 31.8 Å². The van der Waals surface area contributed by atoms with E-state index in [-0.39, 0.29) is 58.5 Å². The average molecular weight is 857 g/mol. The van der Waals surface area contributed by atoms with Gasteiger partial charge in [-0.3, -0.25) is 28.8 Å². The largest absolute Gasteiger partial charge is 0.460 e. The van der Waals surface area contributed by atoms with E-state index in [4.69, 9.17) is 23.7 Å². The number of aliphatic hydroxyl groups excluding tert-OH is 1. The number of carbonyl (C=O) groups is 6. The van der Waals surface area contributed by atoms with Crippen LogP contribution in [0.15, 0.2) is 42.5 Å². The fraction of sp³-hybridized carbons (Fsp3) is 0.644. The van der Waals surface area contributed by atoms with E-state index < -0.39 is 82.7 Å². The van der Waals surface area contributed by atoms with E-state index in [0.717, 1.165) is 29.2 Å². The summed E-state index contributed by atoms with van der Waals surface area (Å²) >= 11 is 0. The summed E-state index contributed by atoms with van der Waals surface area (Å²) in [5, 5.41) is 23.0. The first-order valence-electron chi connectivity index (χ1n) is 21.1. The van der Waals surface area contributed by atoms with Gasteiger partial charge in [-0.05, 0) is 91.0 Å². The molecule has 0 unspecified atom stereocenters. The van der Waals surface area contributed by atoms with Crippen LogP contribution in [0.1, 0.15) is 106 Å². The molecule has 0 spiro atoms. The van der Waals surface area contributed by atoms with Gasteiger partial charge in [0.2, 0.25) is 23.6 Å². The number of fused-ring (bicyclic) bond motifs is 1. The summed E-state index contributed by atoms with van der Waals surface area (Å²) in [6.07, 6.45) is 0.722. The maximum atomic E-state index is 14.2. The maximum Gasteiger partial charge on any atom is 0.306 e. The fourth-order valence-corrected chi connectivity index (χ4v) is 6.27. The van der Waals surface area contributed by atoms with Crippen molar-refractivity contribution in [3.05, 3.63) is 48.0 Å². The summed E-state index contributed by atoms with van der Waals surface area (Å²) < 4.78 is 27.9. The quantitative estimate of drug-likeness (QED) is 0.0845. The molecule has 3 atom stereocenters. The summed E-state index contributed by atoms with van der Waals surface area (Å²) in [5.74, 6) is -4.80. The topological polar surface area (TPSA) is 217 Å². The number of amides is 4. The van der Waals surface area contributed by atoms with E-state index in [1.165, 1.54) is 0 Å². The highest BCUT2D eigenvalue weighted by molar-refractivity contribution is 5.95. The van der Waals surface area contributed by atoms with Crippen molar-refractivity contribution < 1.29 is 57.6 Å². The number of benzene rings is 2. The van der Waals surface area contributed by atoms with Crippen molar-refractivity contribution in [3.63, 3.8) is 0 Å². The highest BCUT2D eigenvalue weighted by Gasteiger charge is 2.40. The Bertz CT molecular complexity index is 1790. The molecule has 2 aromatic carbocycles. The van der Waals surface area contributed by atoms with E-state index >= 15 is 0 Å². The van der Waals surface area contributed by atoms with E-state index in [2.05, 4.69) is 21.3 Å². The number of carbonyl (C=O) groups excluding carboxylic acids is 6. The summed E-state index contributed by atoms with van der Waals surface area (Å²) in [7, 11) is 0. The molecule has 61 heavy (non-hydrogen) atoms. The van der Waals surface area contributed by atoms with Gasteiger partial charge in [-0.25, -0.2) is 0 Å². The molecular weight excluding hydrogens is 789 g/mol. The van der Waals surface area contributed by atoms with Gasteiger partial charge in [-0.2, -0.15) is 0 Å². The molecule has 0 aliphatic carbocycles. The van der Waals surface area contributed by atoms with Crippen LogP contribution in [-0.2, 0) is 58.9 Å². The van der Waals surface area contributed by atoms with Gasteiger partial charge in [-0.1, -0.05) is 55.8 Å². The Morgan fingerprint density at radius 3 is 1.84 bits per heavy atom. The molecule has 1 heterocycles. The minimum Gasteiger partial charge on any atom is -0.460 e. The van der Waals surface area contributed by atoms with Crippen LogP contribution in [0.3, 0.4) is 0 Å². The smallest absolute Gasteiger partial charge is 0.306 e. The van der Waals surface area contributed by atoms with Crippen LogP contribution >= 0.6 is 0 Å². The predicted molar refractivity (Wildman–Crippen MR) is 228 cm³/mol. The van der Waals surface area contributed by atoms with Crippen LogP contribution in [0.2, 0.25) is 0 Å². The first-order valence-corrected chi connectivity index (χ1v) is 21.1. The van der Waals surface area contributed by atoms with E-state index in [9.17, 15) is 33.9 Å². The SMILES string of the molecule is CCCCNC(=O)[C@H](Cc1ccc2ccccc2c1)NC(=O)[C@@H](CCC(=O)OC(C)(C)C)NC(=O)[C@@H](CCC(=O)OC(C)(C)C)NC(=O)COCC1(CO)COC(C)(C)OC1. The molecule has 0 aromatic heterocycles. The second-order valence-electron chi connectivity index (χ2n) is 18.2. The zero-order valence-corrected chi connectivity index (χ0v) is 37.4. The molecule has 1 aliphatic heterocycles. The van der Waals surface area contributed by atoms with Crippen LogP contribution < -0.4 is 21.3 Å². The number of hydrogen-bond donors (Lipinski definition) is 5. The van der Waals surface area contributed by atoms with Crippen molar-refractivity contribution in [3.8, 4) is 0 Å². The van der Waals surface area contributed by atoms with Crippen LogP contribution in [0.5, 0.6) is 0 Å². The van der Waals surface area contributed by atoms with Crippen molar-refractivity contribution in [1.29, 1.82) is 0 Å². The monoisotopic (exact) mass is 856 g/mol. The highest BCUT2D eigenvalue weighted by Crippen LogP contribution is 2.30. The molecule has 16 nitrogen and oxygen atoms in total. The van der Waals surface area contributed by atoms with Crippen molar-refractivity contribution in [2.24, 2.45) is 5.41 Å². The Morgan fingerprint density at radius 1 is 0.754 bits per heavy atom. The lowest BCUT2D eigenvalue weighted by atomic mass is 9.91. The molecule has 0 radical (unpaired) electrons. The zero-order valence-electron chi connectivity index (χ0n) is 37.4. The maximum absolute atomic E-state index is 14.2. The summed E-state index contributed by atoms with van der Waals surface area (Å²) in [5.41, 5.74) is -1.76. The zero-order chi connectivity index (χ0) is 45.4. The molecule has 2 aromatic rings. The van der Waals surface area contributed by atoms with Crippen molar-refractivity contribution in [2.75, 3.05) is 39.6 Å². The van der Waals surface area contributed by atoms with Gasteiger partial charge in [0.15, 0.2) is 5.79 Å². The molecular formula is C45H68N4O12. The van der Waals surface area contributed by atoms with Crippen LogP contribution in [0.25, 0.3) is 10.8 Å². The molecule has 4 amide bonds. The number of nitrogens with one attached hydrogen (secondary N) is 4. The highest BCUT2D eigenvalue weighted by atomic mass is 16.7. The van der Waals surface area contributed by atoms with E-state index in [1.54, 1.807) is 55.4 Å². The van der Waals surface area contributed by atoms with E-state index in [0.29, 0.717) is 6.54 Å². The standard InChI is InChI=1S/C45H68N4O12/c1-10-11-22-46-39(54)35(24-30-16-17-31-14-12-13-15-32(31)23-30)49-41(56)34(19-21-38(53)61-43(5,6)7)48-40(55)33(18-20-37(52)60-42(2,3)4)47-36(51)25-57-27-45(26-50)28-58-44(8,9)59-29-45/h12-17,23,33-35,50H,10-11,18-22,24-29H2,1-9H3,(H,46,54)(H,47,51)(H,48,55)(H,49,56)/t33-,34-,35+/m1/s1. The molecule has 16 heteroatoms. The Labute approximate surface area is 359 Å². The number of esters is 2. The molecule has 0 bridgehead atoms.